The first-order valence-electron chi connectivity index (χ1n) is 35.8. The molecule has 0 aromatic heterocycles. The Balaban J connectivity index is 3.91. The Kier molecular flexibility index (Phi) is 67.1. The zero-order valence-electron chi connectivity index (χ0n) is 54.3. The standard InChI is InChI=1S/C75H136O6/c1-4-7-10-13-15-17-19-21-23-25-27-29-31-33-34-35-36-37-38-39-40-42-43-45-47-49-51-53-55-57-59-62-65-68-74(77)80-71-72(70-79-73(76)67-64-61-12-9-6-3)81-75(78)69-66-63-60-58-56-54-52-50-48-46-44-41-32-30-28-26-24-22-20-18-16-14-11-8-5-2/h8,11,16,18,22,24-25,27-28,30,72H,4-7,9-10,12-15,17,19-21,23,26,29,31-71H2,1-3H3/b11-8-,18-16-,24-22-,27-25-,30-28-. The van der Waals surface area contributed by atoms with Crippen LogP contribution >= 0.6 is 0 Å². The Hall–Kier alpha value is -2.89. The smallest absolute Gasteiger partial charge is 0.306 e. The molecule has 0 aliphatic heterocycles. The molecule has 6 heteroatoms. The molecular formula is C75H136O6. The van der Waals surface area contributed by atoms with Crippen molar-refractivity contribution in [2.45, 2.75) is 386 Å². The van der Waals surface area contributed by atoms with Crippen molar-refractivity contribution in [2.24, 2.45) is 0 Å². The summed E-state index contributed by atoms with van der Waals surface area (Å²) in [5, 5.41) is 0. The highest BCUT2D eigenvalue weighted by Gasteiger charge is 2.19. The predicted molar refractivity (Wildman–Crippen MR) is 353 cm³/mol. The maximum Gasteiger partial charge on any atom is 0.306 e. The van der Waals surface area contributed by atoms with Gasteiger partial charge in [-0.25, -0.2) is 0 Å². The van der Waals surface area contributed by atoms with Crippen molar-refractivity contribution in [3.8, 4) is 0 Å². The van der Waals surface area contributed by atoms with Gasteiger partial charge in [0.25, 0.3) is 0 Å². The van der Waals surface area contributed by atoms with Crippen LogP contribution in [0.3, 0.4) is 0 Å². The van der Waals surface area contributed by atoms with Gasteiger partial charge in [-0.1, -0.05) is 338 Å². The molecule has 81 heavy (non-hydrogen) atoms. The molecule has 0 saturated carbocycles. The molecule has 472 valence electrons. The number of carbonyl (C=O) groups excluding carboxylic acids is 3. The molecule has 0 fully saturated rings. The van der Waals surface area contributed by atoms with Gasteiger partial charge in [0.2, 0.25) is 0 Å². The lowest BCUT2D eigenvalue weighted by atomic mass is 10.0. The zero-order chi connectivity index (χ0) is 58.5. The molecule has 0 aromatic carbocycles. The number of carbonyl (C=O) groups is 3. The summed E-state index contributed by atoms with van der Waals surface area (Å²) in [7, 11) is 0. The fourth-order valence-electron chi connectivity index (χ4n) is 10.7. The van der Waals surface area contributed by atoms with Gasteiger partial charge in [-0.3, -0.25) is 14.4 Å². The van der Waals surface area contributed by atoms with E-state index >= 15 is 0 Å². The maximum absolute atomic E-state index is 12.9. The Morgan fingerprint density at radius 1 is 0.259 bits per heavy atom. The summed E-state index contributed by atoms with van der Waals surface area (Å²) in [6.07, 6.45) is 90.4. The minimum atomic E-state index is -0.771. The number of hydrogen-bond acceptors (Lipinski definition) is 6. The number of unbranched alkanes of at least 4 members (excludes halogenated alkanes) is 45. The lowest BCUT2D eigenvalue weighted by Crippen LogP contribution is -2.30. The van der Waals surface area contributed by atoms with E-state index in [1.54, 1.807) is 0 Å². The summed E-state index contributed by atoms with van der Waals surface area (Å²) >= 11 is 0. The summed E-state index contributed by atoms with van der Waals surface area (Å²) in [6, 6.07) is 0. The molecule has 6 nitrogen and oxygen atoms in total. The van der Waals surface area contributed by atoms with Crippen molar-refractivity contribution in [1.29, 1.82) is 0 Å². The quantitative estimate of drug-likeness (QED) is 0.0261. The van der Waals surface area contributed by atoms with Crippen molar-refractivity contribution in [1.82, 2.24) is 0 Å². The Labute approximate surface area is 504 Å². The second-order valence-electron chi connectivity index (χ2n) is 24.1. The number of hydrogen-bond donors (Lipinski definition) is 0. The molecule has 0 bridgehead atoms. The van der Waals surface area contributed by atoms with E-state index in [2.05, 4.69) is 81.5 Å². The van der Waals surface area contributed by atoms with E-state index in [1.807, 2.05) is 0 Å². The number of rotatable bonds is 66. The molecule has 1 atom stereocenters. The maximum atomic E-state index is 12.9. The Bertz CT molecular complexity index is 1440. The summed E-state index contributed by atoms with van der Waals surface area (Å²) in [4.78, 5) is 38.0. The first-order chi connectivity index (χ1) is 40.0. The summed E-state index contributed by atoms with van der Waals surface area (Å²) in [5.41, 5.74) is 0. The molecule has 0 saturated heterocycles. The SMILES string of the molecule is CC/C=C\C/C=C\C/C=C\C/C=C\CCCCCCCCCCCCCCC(=O)OC(COC(=O)CCCCCCC)COC(=O)CCCCCCCCCCCCCCCCCCCCCCC/C=C\CCCCCCCCCC. The minimum Gasteiger partial charge on any atom is -0.462 e. The van der Waals surface area contributed by atoms with Crippen LogP contribution in [0.15, 0.2) is 60.8 Å². The molecule has 0 heterocycles. The molecule has 1 unspecified atom stereocenters. The normalized spacial score (nSPS) is 12.4. The van der Waals surface area contributed by atoms with Crippen LogP contribution in [0.5, 0.6) is 0 Å². The zero-order valence-corrected chi connectivity index (χ0v) is 54.3. The van der Waals surface area contributed by atoms with Crippen LogP contribution in [-0.2, 0) is 28.6 Å². The average molecular weight is 1130 g/mol. The van der Waals surface area contributed by atoms with E-state index in [9.17, 15) is 14.4 Å². The topological polar surface area (TPSA) is 78.9 Å². The second kappa shape index (κ2) is 69.6. The van der Waals surface area contributed by atoms with Crippen molar-refractivity contribution in [3.05, 3.63) is 60.8 Å². The van der Waals surface area contributed by atoms with Gasteiger partial charge in [-0.2, -0.15) is 0 Å². The van der Waals surface area contributed by atoms with Gasteiger partial charge in [0, 0.05) is 19.3 Å². The Morgan fingerprint density at radius 2 is 0.481 bits per heavy atom. The minimum absolute atomic E-state index is 0.0707. The third kappa shape index (κ3) is 67.8. The molecule has 0 aliphatic rings. The van der Waals surface area contributed by atoms with Crippen LogP contribution in [-0.4, -0.2) is 37.2 Å². The van der Waals surface area contributed by atoms with Gasteiger partial charge in [-0.05, 0) is 83.5 Å². The Morgan fingerprint density at radius 3 is 0.765 bits per heavy atom. The highest BCUT2D eigenvalue weighted by Crippen LogP contribution is 2.18. The summed E-state index contributed by atoms with van der Waals surface area (Å²) in [6.45, 7) is 6.50. The molecule has 0 rings (SSSR count). The fourth-order valence-corrected chi connectivity index (χ4v) is 10.7. The predicted octanol–water partition coefficient (Wildman–Crippen LogP) is 24.7. The summed E-state index contributed by atoms with van der Waals surface area (Å²) in [5.74, 6) is -0.867. The molecule has 0 spiro atoms. The van der Waals surface area contributed by atoms with Crippen LogP contribution in [0, 0.1) is 0 Å². The average Bonchev–Trinajstić information content (AvgIpc) is 3.47. The molecule has 0 aromatic rings. The van der Waals surface area contributed by atoms with Gasteiger partial charge < -0.3 is 14.2 Å². The monoisotopic (exact) mass is 1130 g/mol. The number of esters is 3. The van der Waals surface area contributed by atoms with Crippen LogP contribution in [0.4, 0.5) is 0 Å². The summed E-state index contributed by atoms with van der Waals surface area (Å²) < 4.78 is 16.8. The van der Waals surface area contributed by atoms with E-state index in [0.29, 0.717) is 19.3 Å². The first kappa shape index (κ1) is 78.1. The molecular weight excluding hydrogens is 997 g/mol. The van der Waals surface area contributed by atoms with Gasteiger partial charge in [0.1, 0.15) is 13.2 Å². The van der Waals surface area contributed by atoms with Gasteiger partial charge in [0.05, 0.1) is 0 Å². The molecule has 0 amide bonds. The van der Waals surface area contributed by atoms with Gasteiger partial charge in [0.15, 0.2) is 6.10 Å². The molecule has 0 radical (unpaired) electrons. The highest BCUT2D eigenvalue weighted by molar-refractivity contribution is 5.71. The van der Waals surface area contributed by atoms with Crippen molar-refractivity contribution in [3.63, 3.8) is 0 Å². The first-order valence-corrected chi connectivity index (χ1v) is 35.8. The van der Waals surface area contributed by atoms with Crippen molar-refractivity contribution >= 4 is 17.9 Å². The molecule has 0 aliphatic carbocycles. The third-order valence-corrected chi connectivity index (χ3v) is 16.0. The second-order valence-corrected chi connectivity index (χ2v) is 24.1. The van der Waals surface area contributed by atoms with Crippen LogP contribution < -0.4 is 0 Å². The van der Waals surface area contributed by atoms with Crippen molar-refractivity contribution in [2.75, 3.05) is 13.2 Å². The van der Waals surface area contributed by atoms with Gasteiger partial charge >= 0.3 is 17.9 Å². The van der Waals surface area contributed by atoms with Gasteiger partial charge in [-0.15, -0.1) is 0 Å². The lowest BCUT2D eigenvalue weighted by molar-refractivity contribution is -0.167. The van der Waals surface area contributed by atoms with Crippen LogP contribution in [0.1, 0.15) is 380 Å². The van der Waals surface area contributed by atoms with Crippen LogP contribution in [0.2, 0.25) is 0 Å². The van der Waals surface area contributed by atoms with Crippen molar-refractivity contribution < 1.29 is 28.6 Å². The highest BCUT2D eigenvalue weighted by atomic mass is 16.6. The van der Waals surface area contributed by atoms with Crippen LogP contribution in [0.25, 0.3) is 0 Å². The molecule has 0 N–H and O–H groups in total. The largest absolute Gasteiger partial charge is 0.462 e. The fraction of sp³-hybridized carbons (Fsp3) is 0.827. The van der Waals surface area contributed by atoms with E-state index in [-0.39, 0.29) is 31.1 Å². The van der Waals surface area contributed by atoms with E-state index < -0.39 is 6.10 Å². The van der Waals surface area contributed by atoms with E-state index in [4.69, 9.17) is 14.2 Å². The number of allylic oxidation sites excluding steroid dienone is 10. The van der Waals surface area contributed by atoms with E-state index in [1.165, 1.54) is 250 Å². The third-order valence-electron chi connectivity index (χ3n) is 16.0. The number of ether oxygens (including phenoxy) is 3. The van der Waals surface area contributed by atoms with E-state index in [0.717, 1.165) is 89.9 Å². The lowest BCUT2D eigenvalue weighted by Gasteiger charge is -2.18.